The standard InChI is InChI=1S/C23H31N5O.HI/c1-3-24-23(25-13-6-8-19-17-27-28(2)18-19)26-14-7-15-29-22-12-11-20-9-4-5-10-21(20)16-22;/h4-5,9-12,16-18H,3,6-8,13-15H2,1-2H3,(H2,24,25,26);1H. The minimum Gasteiger partial charge on any atom is -0.494 e. The van der Waals surface area contributed by atoms with Crippen LogP contribution in [0.2, 0.25) is 0 Å². The summed E-state index contributed by atoms with van der Waals surface area (Å²) in [5.41, 5.74) is 1.27. The fourth-order valence-corrected chi connectivity index (χ4v) is 3.14. The van der Waals surface area contributed by atoms with E-state index in [-0.39, 0.29) is 24.0 Å². The van der Waals surface area contributed by atoms with Gasteiger partial charge in [-0.2, -0.15) is 5.10 Å². The lowest BCUT2D eigenvalue weighted by molar-refractivity contribution is 0.314. The van der Waals surface area contributed by atoms with Crippen LogP contribution in [0.25, 0.3) is 10.8 Å². The molecule has 0 fully saturated rings. The van der Waals surface area contributed by atoms with Gasteiger partial charge in [-0.25, -0.2) is 0 Å². The van der Waals surface area contributed by atoms with E-state index in [0.29, 0.717) is 6.61 Å². The van der Waals surface area contributed by atoms with Crippen LogP contribution in [0.1, 0.15) is 25.3 Å². The Labute approximate surface area is 196 Å². The number of aromatic nitrogens is 2. The van der Waals surface area contributed by atoms with E-state index < -0.39 is 0 Å². The highest BCUT2D eigenvalue weighted by atomic mass is 127. The summed E-state index contributed by atoms with van der Waals surface area (Å²) in [6.07, 6.45) is 6.92. The van der Waals surface area contributed by atoms with Gasteiger partial charge in [0.15, 0.2) is 5.96 Å². The van der Waals surface area contributed by atoms with Crippen LogP contribution in [0, 0.1) is 0 Å². The highest BCUT2D eigenvalue weighted by Crippen LogP contribution is 2.20. The first kappa shape index (κ1) is 24.0. The van der Waals surface area contributed by atoms with Crippen LogP contribution in [-0.2, 0) is 13.5 Å². The molecule has 0 aliphatic rings. The molecule has 0 atom stereocenters. The number of nitrogens with one attached hydrogen (secondary N) is 2. The first-order valence-electron chi connectivity index (χ1n) is 10.4. The van der Waals surface area contributed by atoms with Crippen molar-refractivity contribution in [2.75, 3.05) is 26.2 Å². The van der Waals surface area contributed by atoms with Crippen LogP contribution >= 0.6 is 24.0 Å². The Morgan fingerprint density at radius 2 is 1.93 bits per heavy atom. The number of guanidine groups is 1. The fourth-order valence-electron chi connectivity index (χ4n) is 3.14. The van der Waals surface area contributed by atoms with Crippen molar-refractivity contribution in [1.29, 1.82) is 0 Å². The molecule has 0 spiro atoms. The summed E-state index contributed by atoms with van der Waals surface area (Å²) in [5.74, 6) is 1.78. The zero-order chi connectivity index (χ0) is 20.3. The maximum atomic E-state index is 5.89. The Balaban J connectivity index is 0.00000320. The Bertz CT molecular complexity index is 925. The van der Waals surface area contributed by atoms with Crippen molar-refractivity contribution < 1.29 is 4.74 Å². The van der Waals surface area contributed by atoms with Crippen molar-refractivity contribution >= 4 is 40.7 Å². The zero-order valence-corrected chi connectivity index (χ0v) is 20.1. The van der Waals surface area contributed by atoms with Gasteiger partial charge in [0.1, 0.15) is 5.75 Å². The molecular formula is C23H32IN5O. The third-order valence-electron chi connectivity index (χ3n) is 4.60. The zero-order valence-electron chi connectivity index (χ0n) is 17.8. The largest absolute Gasteiger partial charge is 0.494 e. The monoisotopic (exact) mass is 521 g/mol. The first-order valence-corrected chi connectivity index (χ1v) is 10.4. The van der Waals surface area contributed by atoms with Crippen molar-refractivity contribution in [2.45, 2.75) is 26.2 Å². The molecule has 1 aromatic heterocycles. The Kier molecular flexibility index (Phi) is 10.5. The molecule has 0 saturated heterocycles. The minimum atomic E-state index is 0. The number of ether oxygens (including phenoxy) is 1. The van der Waals surface area contributed by atoms with Gasteiger partial charge in [0.25, 0.3) is 0 Å². The van der Waals surface area contributed by atoms with E-state index in [2.05, 4.69) is 64.2 Å². The van der Waals surface area contributed by atoms with E-state index in [1.54, 1.807) is 0 Å². The van der Waals surface area contributed by atoms with Gasteiger partial charge in [-0.15, -0.1) is 24.0 Å². The second-order valence-electron chi connectivity index (χ2n) is 7.02. The summed E-state index contributed by atoms with van der Waals surface area (Å²) in [7, 11) is 1.95. The number of halogens is 1. The minimum absolute atomic E-state index is 0. The summed E-state index contributed by atoms with van der Waals surface area (Å²) in [6, 6.07) is 14.5. The predicted octanol–water partition coefficient (Wildman–Crippen LogP) is 4.15. The summed E-state index contributed by atoms with van der Waals surface area (Å²) >= 11 is 0. The molecule has 0 aliphatic heterocycles. The van der Waals surface area contributed by atoms with Crippen LogP contribution in [0.5, 0.6) is 5.75 Å². The Morgan fingerprint density at radius 3 is 2.70 bits per heavy atom. The number of rotatable bonds is 10. The van der Waals surface area contributed by atoms with Crippen molar-refractivity contribution in [1.82, 2.24) is 20.4 Å². The Hall–Kier alpha value is -2.29. The second kappa shape index (κ2) is 13.1. The number of nitrogens with zero attached hydrogens (tertiary/aromatic N) is 3. The van der Waals surface area contributed by atoms with Crippen molar-refractivity contribution in [3.05, 3.63) is 60.4 Å². The maximum Gasteiger partial charge on any atom is 0.191 e. The predicted molar refractivity (Wildman–Crippen MR) is 135 cm³/mol. The van der Waals surface area contributed by atoms with Gasteiger partial charge in [0, 0.05) is 39.3 Å². The lowest BCUT2D eigenvalue weighted by Gasteiger charge is -2.11. The van der Waals surface area contributed by atoms with E-state index in [4.69, 9.17) is 4.74 Å². The van der Waals surface area contributed by atoms with Gasteiger partial charge in [0.05, 0.1) is 12.8 Å². The molecule has 0 saturated carbocycles. The molecule has 1 heterocycles. The summed E-state index contributed by atoms with van der Waals surface area (Å²) in [4.78, 5) is 4.64. The van der Waals surface area contributed by atoms with Gasteiger partial charge in [-0.3, -0.25) is 9.67 Å². The lowest BCUT2D eigenvalue weighted by atomic mass is 10.1. The highest BCUT2D eigenvalue weighted by Gasteiger charge is 2.00. The molecule has 0 amide bonds. The summed E-state index contributed by atoms with van der Waals surface area (Å²) in [5, 5.41) is 13.3. The smallest absolute Gasteiger partial charge is 0.191 e. The topological polar surface area (TPSA) is 63.5 Å². The summed E-state index contributed by atoms with van der Waals surface area (Å²) in [6.45, 7) is 5.19. The molecule has 0 bridgehead atoms. The highest BCUT2D eigenvalue weighted by molar-refractivity contribution is 14.0. The van der Waals surface area contributed by atoms with Crippen molar-refractivity contribution in [3.63, 3.8) is 0 Å². The second-order valence-corrected chi connectivity index (χ2v) is 7.02. The van der Waals surface area contributed by atoms with E-state index >= 15 is 0 Å². The van der Waals surface area contributed by atoms with Crippen LogP contribution in [-0.4, -0.2) is 42.0 Å². The lowest BCUT2D eigenvalue weighted by Crippen LogP contribution is -2.38. The molecule has 0 radical (unpaired) electrons. The maximum absolute atomic E-state index is 5.89. The fraction of sp³-hybridized carbons (Fsp3) is 0.391. The number of fused-ring (bicyclic) bond motifs is 1. The van der Waals surface area contributed by atoms with Crippen molar-refractivity contribution in [2.24, 2.45) is 12.0 Å². The number of hydrogen-bond acceptors (Lipinski definition) is 3. The van der Waals surface area contributed by atoms with E-state index in [9.17, 15) is 0 Å². The van der Waals surface area contributed by atoms with Gasteiger partial charge in [-0.1, -0.05) is 30.3 Å². The summed E-state index contributed by atoms with van der Waals surface area (Å²) < 4.78 is 7.73. The molecule has 3 rings (SSSR count). The van der Waals surface area contributed by atoms with Crippen LogP contribution in [0.15, 0.2) is 59.9 Å². The van der Waals surface area contributed by atoms with Gasteiger partial charge in [-0.05, 0) is 48.2 Å². The van der Waals surface area contributed by atoms with Crippen LogP contribution in [0.4, 0.5) is 0 Å². The Morgan fingerprint density at radius 1 is 1.10 bits per heavy atom. The van der Waals surface area contributed by atoms with Gasteiger partial charge < -0.3 is 15.4 Å². The molecule has 0 aliphatic carbocycles. The third-order valence-corrected chi connectivity index (χ3v) is 4.60. The van der Waals surface area contributed by atoms with Crippen LogP contribution < -0.4 is 15.4 Å². The number of benzene rings is 2. The average molecular weight is 521 g/mol. The molecule has 7 heteroatoms. The molecule has 2 aromatic carbocycles. The van der Waals surface area contributed by atoms with E-state index in [0.717, 1.165) is 50.6 Å². The molecular weight excluding hydrogens is 489 g/mol. The molecule has 2 N–H and O–H groups in total. The normalized spacial score (nSPS) is 11.2. The van der Waals surface area contributed by atoms with Gasteiger partial charge in [0.2, 0.25) is 0 Å². The molecule has 6 nitrogen and oxygen atoms in total. The quantitative estimate of drug-likeness (QED) is 0.182. The van der Waals surface area contributed by atoms with Crippen LogP contribution in [0.3, 0.4) is 0 Å². The van der Waals surface area contributed by atoms with E-state index in [1.807, 2.05) is 30.1 Å². The van der Waals surface area contributed by atoms with Gasteiger partial charge >= 0.3 is 0 Å². The van der Waals surface area contributed by atoms with E-state index in [1.165, 1.54) is 16.3 Å². The average Bonchev–Trinajstić information content (AvgIpc) is 3.15. The SMILES string of the molecule is CCNC(=NCCCOc1ccc2ccccc2c1)NCCCc1cnn(C)c1.I. The molecule has 30 heavy (non-hydrogen) atoms. The number of aliphatic imine (C=N–C) groups is 1. The molecule has 162 valence electrons. The number of hydrogen-bond donors (Lipinski definition) is 2. The third kappa shape index (κ3) is 7.85. The number of aryl methyl sites for hydroxylation is 2. The molecule has 0 unspecified atom stereocenters. The molecule has 3 aromatic rings. The first-order chi connectivity index (χ1) is 14.2. The van der Waals surface area contributed by atoms with Crippen molar-refractivity contribution in [3.8, 4) is 5.75 Å².